The first kappa shape index (κ1) is 15.9. The lowest BCUT2D eigenvalue weighted by atomic mass is 9.69. The van der Waals surface area contributed by atoms with Crippen molar-refractivity contribution in [1.29, 1.82) is 0 Å². The Morgan fingerprint density at radius 2 is 1.65 bits per heavy atom. The normalized spacial score (nSPS) is 23.7. The predicted octanol–water partition coefficient (Wildman–Crippen LogP) is 6.15. The quantitative estimate of drug-likeness (QED) is 0.645. The SMILES string of the molecule is CC(C)(C)C1CCCCC1Nc1cc(Cl)c(F)c(Cl)c1. The van der Waals surface area contributed by atoms with Crippen molar-refractivity contribution in [3.8, 4) is 0 Å². The third-order valence-corrected chi connectivity index (χ3v) is 4.76. The number of hydrogen-bond acceptors (Lipinski definition) is 1. The van der Waals surface area contributed by atoms with Crippen LogP contribution in [0.5, 0.6) is 0 Å². The van der Waals surface area contributed by atoms with Crippen molar-refractivity contribution >= 4 is 28.9 Å². The number of anilines is 1. The molecule has 1 aliphatic carbocycles. The van der Waals surface area contributed by atoms with E-state index >= 15 is 0 Å². The fourth-order valence-electron chi connectivity index (χ4n) is 3.19. The molecule has 0 aromatic heterocycles. The topological polar surface area (TPSA) is 12.0 Å². The van der Waals surface area contributed by atoms with E-state index in [0.717, 1.165) is 12.1 Å². The summed E-state index contributed by atoms with van der Waals surface area (Å²) < 4.78 is 13.5. The Morgan fingerprint density at radius 3 is 2.20 bits per heavy atom. The third-order valence-electron chi connectivity index (χ3n) is 4.21. The Hall–Kier alpha value is -0.470. The Bertz CT molecular complexity index is 459. The summed E-state index contributed by atoms with van der Waals surface area (Å²) in [5, 5.41) is 3.66. The van der Waals surface area contributed by atoms with Gasteiger partial charge in [0.15, 0.2) is 5.82 Å². The molecule has 1 N–H and O–H groups in total. The molecule has 0 spiro atoms. The van der Waals surface area contributed by atoms with Gasteiger partial charge in [0.25, 0.3) is 0 Å². The second-order valence-corrected chi connectivity index (χ2v) is 7.58. The highest BCUT2D eigenvalue weighted by molar-refractivity contribution is 6.35. The van der Waals surface area contributed by atoms with Crippen LogP contribution < -0.4 is 5.32 Å². The summed E-state index contributed by atoms with van der Waals surface area (Å²) >= 11 is 11.7. The van der Waals surface area contributed by atoms with Gasteiger partial charge in [-0.05, 0) is 36.3 Å². The zero-order valence-corrected chi connectivity index (χ0v) is 13.8. The van der Waals surface area contributed by atoms with Gasteiger partial charge in [0.1, 0.15) is 0 Å². The highest BCUT2D eigenvalue weighted by Gasteiger charge is 2.34. The van der Waals surface area contributed by atoms with E-state index in [1.165, 1.54) is 19.3 Å². The summed E-state index contributed by atoms with van der Waals surface area (Å²) in [5.74, 6) is 0.0498. The molecule has 4 heteroatoms. The first-order valence-electron chi connectivity index (χ1n) is 7.20. The zero-order chi connectivity index (χ0) is 14.9. The van der Waals surface area contributed by atoms with E-state index in [4.69, 9.17) is 23.2 Å². The average molecular weight is 318 g/mol. The van der Waals surface area contributed by atoms with Crippen LogP contribution in [-0.4, -0.2) is 6.04 Å². The molecule has 1 aliphatic rings. The molecule has 0 heterocycles. The summed E-state index contributed by atoms with van der Waals surface area (Å²) in [6, 6.07) is 3.63. The molecule has 0 bridgehead atoms. The van der Waals surface area contributed by atoms with E-state index in [-0.39, 0.29) is 15.5 Å². The van der Waals surface area contributed by atoms with Crippen molar-refractivity contribution in [2.45, 2.75) is 52.5 Å². The van der Waals surface area contributed by atoms with Crippen LogP contribution >= 0.6 is 23.2 Å². The van der Waals surface area contributed by atoms with E-state index in [1.54, 1.807) is 12.1 Å². The molecule has 0 saturated heterocycles. The second kappa shape index (κ2) is 6.11. The van der Waals surface area contributed by atoms with E-state index in [1.807, 2.05) is 0 Å². The fourth-order valence-corrected chi connectivity index (χ4v) is 3.68. The fraction of sp³-hybridized carbons (Fsp3) is 0.625. The van der Waals surface area contributed by atoms with Crippen molar-refractivity contribution in [3.05, 3.63) is 28.0 Å². The Kier molecular flexibility index (Phi) is 4.86. The number of hydrogen-bond donors (Lipinski definition) is 1. The number of halogens is 3. The highest BCUT2D eigenvalue weighted by Crippen LogP contribution is 2.40. The first-order chi connectivity index (χ1) is 9.29. The number of nitrogens with one attached hydrogen (secondary N) is 1. The summed E-state index contributed by atoms with van der Waals surface area (Å²) in [5.41, 5.74) is 1.06. The lowest BCUT2D eigenvalue weighted by molar-refractivity contribution is 0.163. The molecule has 2 unspecified atom stereocenters. The molecule has 1 nitrogen and oxygen atoms in total. The lowest BCUT2D eigenvalue weighted by Crippen LogP contribution is -2.39. The first-order valence-corrected chi connectivity index (χ1v) is 7.95. The van der Waals surface area contributed by atoms with Gasteiger partial charge in [-0.15, -0.1) is 0 Å². The minimum atomic E-state index is -0.546. The Balaban J connectivity index is 2.19. The number of rotatable bonds is 2. The maximum Gasteiger partial charge on any atom is 0.160 e. The standard InChI is InChI=1S/C16H22Cl2FN/c1-16(2,3)11-6-4-5-7-14(11)20-10-8-12(17)15(19)13(18)9-10/h8-9,11,14,20H,4-7H2,1-3H3. The predicted molar refractivity (Wildman–Crippen MR) is 85.2 cm³/mol. The van der Waals surface area contributed by atoms with Crippen LogP contribution in [0.15, 0.2) is 12.1 Å². The second-order valence-electron chi connectivity index (χ2n) is 6.76. The highest BCUT2D eigenvalue weighted by atomic mass is 35.5. The van der Waals surface area contributed by atoms with Crippen molar-refractivity contribution in [2.75, 3.05) is 5.32 Å². The largest absolute Gasteiger partial charge is 0.382 e. The van der Waals surface area contributed by atoms with Crippen molar-refractivity contribution < 1.29 is 4.39 Å². The van der Waals surface area contributed by atoms with Crippen LogP contribution in [0, 0.1) is 17.2 Å². The van der Waals surface area contributed by atoms with Gasteiger partial charge >= 0.3 is 0 Å². The van der Waals surface area contributed by atoms with E-state index < -0.39 is 5.82 Å². The van der Waals surface area contributed by atoms with Gasteiger partial charge in [-0.1, -0.05) is 56.8 Å². The Labute approximate surface area is 130 Å². The molecule has 0 radical (unpaired) electrons. The molecule has 1 aromatic rings. The van der Waals surface area contributed by atoms with Gasteiger partial charge in [0.2, 0.25) is 0 Å². The minimum absolute atomic E-state index is 0.0723. The van der Waals surface area contributed by atoms with E-state index in [9.17, 15) is 4.39 Å². The monoisotopic (exact) mass is 317 g/mol. The molecule has 1 saturated carbocycles. The van der Waals surface area contributed by atoms with Gasteiger partial charge in [0.05, 0.1) is 10.0 Å². The Morgan fingerprint density at radius 1 is 1.10 bits per heavy atom. The smallest absolute Gasteiger partial charge is 0.160 e. The summed E-state index contributed by atoms with van der Waals surface area (Å²) in [6.45, 7) is 6.84. The molecule has 1 fully saturated rings. The van der Waals surface area contributed by atoms with Crippen LogP contribution in [-0.2, 0) is 0 Å². The lowest BCUT2D eigenvalue weighted by Gasteiger charge is -2.41. The van der Waals surface area contributed by atoms with Gasteiger partial charge in [0, 0.05) is 11.7 Å². The van der Waals surface area contributed by atoms with E-state index in [0.29, 0.717) is 12.0 Å². The van der Waals surface area contributed by atoms with Gasteiger partial charge in [-0.25, -0.2) is 4.39 Å². The molecular formula is C16H22Cl2FN. The molecule has 1 aromatic carbocycles. The van der Waals surface area contributed by atoms with Crippen LogP contribution in [0.25, 0.3) is 0 Å². The van der Waals surface area contributed by atoms with Crippen LogP contribution in [0.1, 0.15) is 46.5 Å². The van der Waals surface area contributed by atoms with Gasteiger partial charge in [-0.3, -0.25) is 0 Å². The zero-order valence-electron chi connectivity index (χ0n) is 12.3. The third kappa shape index (κ3) is 3.59. The molecule has 0 amide bonds. The summed E-state index contributed by atoms with van der Waals surface area (Å²) in [4.78, 5) is 0. The molecule has 20 heavy (non-hydrogen) atoms. The van der Waals surface area contributed by atoms with Crippen LogP contribution in [0.3, 0.4) is 0 Å². The van der Waals surface area contributed by atoms with Crippen LogP contribution in [0.4, 0.5) is 10.1 Å². The molecular weight excluding hydrogens is 296 g/mol. The maximum absolute atomic E-state index is 13.5. The maximum atomic E-state index is 13.5. The summed E-state index contributed by atoms with van der Waals surface area (Å²) in [7, 11) is 0. The molecule has 2 rings (SSSR count). The van der Waals surface area contributed by atoms with Crippen LogP contribution in [0.2, 0.25) is 10.0 Å². The van der Waals surface area contributed by atoms with Crippen molar-refractivity contribution in [1.82, 2.24) is 0 Å². The molecule has 2 atom stereocenters. The molecule has 112 valence electrons. The minimum Gasteiger partial charge on any atom is -0.382 e. The van der Waals surface area contributed by atoms with E-state index in [2.05, 4.69) is 26.1 Å². The van der Waals surface area contributed by atoms with Crippen molar-refractivity contribution in [3.63, 3.8) is 0 Å². The number of benzene rings is 1. The molecule has 0 aliphatic heterocycles. The average Bonchev–Trinajstić information content (AvgIpc) is 2.35. The van der Waals surface area contributed by atoms with Crippen molar-refractivity contribution in [2.24, 2.45) is 11.3 Å². The van der Waals surface area contributed by atoms with Gasteiger partial charge in [-0.2, -0.15) is 0 Å². The van der Waals surface area contributed by atoms with Gasteiger partial charge < -0.3 is 5.32 Å². The summed E-state index contributed by atoms with van der Waals surface area (Å²) in [6.07, 6.45) is 4.87.